The summed E-state index contributed by atoms with van der Waals surface area (Å²) in [6.45, 7) is -0.0894. The fraction of sp³-hybridized carbons (Fsp3) is 0.111. The molecule has 0 saturated heterocycles. The van der Waals surface area contributed by atoms with Crippen LogP contribution in [0.2, 0.25) is 0 Å². The molecule has 0 aliphatic carbocycles. The molecule has 136 valence electrons. The Morgan fingerprint density at radius 1 is 1.08 bits per heavy atom. The SMILES string of the molecule is COC(=O)/C(OCc1ccccc1)=C(/NC(=O)O)c1cc(F)cc(F)c1. The van der Waals surface area contributed by atoms with E-state index in [9.17, 15) is 18.4 Å². The van der Waals surface area contributed by atoms with Gasteiger partial charge in [0.15, 0.2) is 0 Å². The van der Waals surface area contributed by atoms with Crippen LogP contribution in [-0.4, -0.2) is 24.3 Å². The summed E-state index contributed by atoms with van der Waals surface area (Å²) in [5.41, 5.74) is 0.0334. The maximum Gasteiger partial charge on any atom is 0.409 e. The zero-order chi connectivity index (χ0) is 19.1. The van der Waals surface area contributed by atoms with Gasteiger partial charge in [-0.2, -0.15) is 0 Å². The molecule has 0 aromatic heterocycles. The number of halogens is 2. The van der Waals surface area contributed by atoms with Crippen molar-refractivity contribution < 1.29 is 33.0 Å². The summed E-state index contributed by atoms with van der Waals surface area (Å²) >= 11 is 0. The van der Waals surface area contributed by atoms with E-state index in [1.54, 1.807) is 30.3 Å². The van der Waals surface area contributed by atoms with Crippen molar-refractivity contribution in [3.8, 4) is 0 Å². The molecular weight excluding hydrogens is 348 g/mol. The van der Waals surface area contributed by atoms with Crippen molar-refractivity contribution in [3.63, 3.8) is 0 Å². The van der Waals surface area contributed by atoms with Crippen molar-refractivity contribution in [1.82, 2.24) is 5.32 Å². The molecule has 26 heavy (non-hydrogen) atoms. The van der Waals surface area contributed by atoms with Crippen LogP contribution in [0.5, 0.6) is 0 Å². The van der Waals surface area contributed by atoms with Crippen molar-refractivity contribution in [1.29, 1.82) is 0 Å². The van der Waals surface area contributed by atoms with Crippen LogP contribution in [-0.2, 0) is 20.9 Å². The fourth-order valence-electron chi connectivity index (χ4n) is 2.12. The Balaban J connectivity index is 2.50. The number of hydrogen-bond acceptors (Lipinski definition) is 4. The Hall–Kier alpha value is -3.42. The number of carbonyl (C=O) groups is 2. The first-order valence-electron chi connectivity index (χ1n) is 7.36. The van der Waals surface area contributed by atoms with E-state index in [1.165, 1.54) is 0 Å². The molecule has 2 N–H and O–H groups in total. The number of esters is 1. The van der Waals surface area contributed by atoms with Gasteiger partial charge in [-0.3, -0.25) is 5.32 Å². The van der Waals surface area contributed by atoms with Crippen molar-refractivity contribution in [2.45, 2.75) is 6.61 Å². The summed E-state index contributed by atoms with van der Waals surface area (Å²) in [6.07, 6.45) is -1.55. The Bertz CT molecular complexity index is 816. The topological polar surface area (TPSA) is 84.9 Å². The van der Waals surface area contributed by atoms with Crippen LogP contribution in [0, 0.1) is 11.6 Å². The summed E-state index contributed by atoms with van der Waals surface area (Å²) in [6, 6.07) is 11.1. The van der Waals surface area contributed by atoms with Crippen LogP contribution < -0.4 is 5.32 Å². The smallest absolute Gasteiger partial charge is 0.409 e. The predicted octanol–water partition coefficient (Wildman–Crippen LogP) is 3.29. The van der Waals surface area contributed by atoms with Gasteiger partial charge in [0.05, 0.1) is 7.11 Å². The van der Waals surface area contributed by atoms with E-state index in [-0.39, 0.29) is 12.2 Å². The number of carboxylic acid groups (broad SMARTS) is 1. The van der Waals surface area contributed by atoms with Crippen molar-refractivity contribution in [2.24, 2.45) is 0 Å². The lowest BCUT2D eigenvalue weighted by Crippen LogP contribution is -2.24. The molecular formula is C18H15F2NO5. The zero-order valence-corrected chi connectivity index (χ0v) is 13.7. The van der Waals surface area contributed by atoms with E-state index < -0.39 is 35.2 Å². The predicted molar refractivity (Wildman–Crippen MR) is 87.7 cm³/mol. The molecule has 2 rings (SSSR count). The Kier molecular flexibility index (Phi) is 6.26. The van der Waals surface area contributed by atoms with E-state index in [2.05, 4.69) is 4.74 Å². The number of methoxy groups -OCH3 is 1. The average molecular weight is 363 g/mol. The summed E-state index contributed by atoms with van der Waals surface area (Å²) in [5.74, 6) is -3.42. The fourth-order valence-corrected chi connectivity index (χ4v) is 2.12. The van der Waals surface area contributed by atoms with Gasteiger partial charge in [-0.25, -0.2) is 18.4 Å². The maximum absolute atomic E-state index is 13.5. The second kappa shape index (κ2) is 8.61. The Morgan fingerprint density at radius 2 is 1.69 bits per heavy atom. The molecule has 2 aromatic rings. The molecule has 0 saturated carbocycles. The highest BCUT2D eigenvalue weighted by atomic mass is 19.1. The maximum atomic E-state index is 13.5. The number of benzene rings is 2. The minimum atomic E-state index is -1.55. The van der Waals surface area contributed by atoms with Crippen LogP contribution in [0.1, 0.15) is 11.1 Å². The minimum absolute atomic E-state index is 0.0894. The van der Waals surface area contributed by atoms with Gasteiger partial charge in [0.2, 0.25) is 5.76 Å². The summed E-state index contributed by atoms with van der Waals surface area (Å²) in [5, 5.41) is 11.0. The average Bonchev–Trinajstić information content (AvgIpc) is 2.60. The van der Waals surface area contributed by atoms with Crippen LogP contribution >= 0.6 is 0 Å². The number of carbonyl (C=O) groups excluding carboxylic acids is 1. The summed E-state index contributed by atoms with van der Waals surface area (Å²) < 4.78 is 37.1. The normalized spacial score (nSPS) is 11.3. The van der Waals surface area contributed by atoms with Gasteiger partial charge in [-0.05, 0) is 17.7 Å². The lowest BCUT2D eigenvalue weighted by molar-refractivity contribution is -0.140. The van der Waals surface area contributed by atoms with Crippen molar-refractivity contribution in [3.05, 3.63) is 77.1 Å². The van der Waals surface area contributed by atoms with Crippen LogP contribution in [0.25, 0.3) is 5.70 Å². The van der Waals surface area contributed by atoms with E-state index >= 15 is 0 Å². The van der Waals surface area contributed by atoms with E-state index in [0.717, 1.165) is 19.2 Å². The molecule has 0 radical (unpaired) electrons. The minimum Gasteiger partial charge on any atom is -0.480 e. The quantitative estimate of drug-likeness (QED) is 0.467. The summed E-state index contributed by atoms with van der Waals surface area (Å²) in [7, 11) is 1.07. The second-order valence-corrected chi connectivity index (χ2v) is 5.06. The molecule has 8 heteroatoms. The van der Waals surface area contributed by atoms with E-state index in [1.807, 2.05) is 5.32 Å². The molecule has 0 aliphatic heterocycles. The van der Waals surface area contributed by atoms with Gasteiger partial charge < -0.3 is 14.6 Å². The number of rotatable bonds is 6. The van der Waals surface area contributed by atoms with Gasteiger partial charge in [-0.1, -0.05) is 30.3 Å². The van der Waals surface area contributed by atoms with Gasteiger partial charge in [0, 0.05) is 11.6 Å². The lowest BCUT2D eigenvalue weighted by atomic mass is 10.1. The summed E-state index contributed by atoms with van der Waals surface area (Å²) in [4.78, 5) is 23.2. The zero-order valence-electron chi connectivity index (χ0n) is 13.7. The first kappa shape index (κ1) is 18.9. The lowest BCUT2D eigenvalue weighted by Gasteiger charge is -2.15. The second-order valence-electron chi connectivity index (χ2n) is 5.06. The molecule has 0 fully saturated rings. The van der Waals surface area contributed by atoms with Crippen LogP contribution in [0.15, 0.2) is 54.3 Å². The number of hydrogen-bond donors (Lipinski definition) is 2. The van der Waals surface area contributed by atoms with Crippen LogP contribution in [0.4, 0.5) is 13.6 Å². The van der Waals surface area contributed by atoms with Gasteiger partial charge >= 0.3 is 12.1 Å². The third-order valence-electron chi connectivity index (χ3n) is 3.21. The largest absolute Gasteiger partial charge is 0.480 e. The third-order valence-corrected chi connectivity index (χ3v) is 3.21. The Labute approximate surface area is 147 Å². The molecule has 1 amide bonds. The molecule has 6 nitrogen and oxygen atoms in total. The molecule has 0 atom stereocenters. The van der Waals surface area contributed by atoms with Gasteiger partial charge in [0.25, 0.3) is 0 Å². The van der Waals surface area contributed by atoms with Gasteiger partial charge in [0.1, 0.15) is 23.9 Å². The van der Waals surface area contributed by atoms with Crippen molar-refractivity contribution in [2.75, 3.05) is 7.11 Å². The number of amides is 1. The third kappa shape index (κ3) is 5.04. The van der Waals surface area contributed by atoms with Crippen molar-refractivity contribution >= 4 is 17.8 Å². The monoisotopic (exact) mass is 363 g/mol. The molecule has 0 spiro atoms. The molecule has 0 bridgehead atoms. The van der Waals surface area contributed by atoms with Gasteiger partial charge in [-0.15, -0.1) is 0 Å². The standard InChI is InChI=1S/C18H15F2NO5/c1-25-17(22)16(26-10-11-5-3-2-4-6-11)15(21-18(23)24)12-7-13(19)9-14(20)8-12/h2-9,21H,10H2,1H3,(H,23,24)/b16-15-. The van der Waals surface area contributed by atoms with E-state index in [0.29, 0.717) is 11.6 Å². The Morgan fingerprint density at radius 3 is 2.23 bits per heavy atom. The number of nitrogens with one attached hydrogen (secondary N) is 1. The number of ether oxygens (including phenoxy) is 2. The highest BCUT2D eigenvalue weighted by Crippen LogP contribution is 2.22. The van der Waals surface area contributed by atoms with Crippen LogP contribution in [0.3, 0.4) is 0 Å². The highest BCUT2D eigenvalue weighted by molar-refractivity contribution is 5.97. The molecule has 0 aliphatic rings. The highest BCUT2D eigenvalue weighted by Gasteiger charge is 2.22. The first-order chi connectivity index (χ1) is 12.4. The molecule has 0 heterocycles. The molecule has 0 unspecified atom stereocenters. The molecule has 2 aromatic carbocycles. The first-order valence-corrected chi connectivity index (χ1v) is 7.36. The van der Waals surface area contributed by atoms with E-state index in [4.69, 9.17) is 9.84 Å².